The zero-order chi connectivity index (χ0) is 18.5. The molecule has 1 nitrogen and oxygen atoms in total. The van der Waals surface area contributed by atoms with Crippen molar-refractivity contribution in [3.8, 4) is 0 Å². The van der Waals surface area contributed by atoms with Gasteiger partial charge < -0.3 is 4.74 Å². The first-order chi connectivity index (χ1) is 12.8. The molecule has 0 spiro atoms. The molecule has 0 radical (unpaired) electrons. The Bertz CT molecular complexity index is 345. The van der Waals surface area contributed by atoms with E-state index < -0.39 is 0 Å². The van der Waals surface area contributed by atoms with Gasteiger partial charge in [-0.15, -0.1) is 0 Å². The smallest absolute Gasteiger partial charge is 0.0651 e. The molecule has 2 aliphatic rings. The highest BCUT2D eigenvalue weighted by atomic mass is 16.5. The topological polar surface area (TPSA) is 9.23 Å². The van der Waals surface area contributed by atoms with Crippen LogP contribution in [0, 0.1) is 17.8 Å². The van der Waals surface area contributed by atoms with Gasteiger partial charge in [0, 0.05) is 0 Å². The second-order valence-electron chi connectivity index (χ2n) is 9.18. The molecule has 0 heterocycles. The first-order valence-corrected chi connectivity index (χ1v) is 12.1. The van der Waals surface area contributed by atoms with Crippen LogP contribution in [0.1, 0.15) is 117 Å². The van der Waals surface area contributed by atoms with Crippen LogP contribution in [0.4, 0.5) is 0 Å². The average molecular weight is 363 g/mol. The Hall–Kier alpha value is -0.300. The third-order valence-corrected chi connectivity index (χ3v) is 6.93. The predicted molar refractivity (Wildman–Crippen MR) is 115 cm³/mol. The highest BCUT2D eigenvalue weighted by Gasteiger charge is 2.21. The molecule has 0 bridgehead atoms. The standard InChI is InChI=1S/C25H46O/c1-3-5-6-7-8-11-23-13-15-24(16-14-23)12-9-21-26-25-19-17-22(10-4-2)18-20-25/h9,12,22-25H,3-8,10-11,13-21H2,1-2H3/b12-9+/t22-,23-,24-,25-. The summed E-state index contributed by atoms with van der Waals surface area (Å²) in [5.41, 5.74) is 0. The van der Waals surface area contributed by atoms with Gasteiger partial charge in [-0.2, -0.15) is 0 Å². The predicted octanol–water partition coefficient (Wildman–Crippen LogP) is 8.09. The summed E-state index contributed by atoms with van der Waals surface area (Å²) in [7, 11) is 0. The van der Waals surface area contributed by atoms with Crippen LogP contribution in [-0.4, -0.2) is 12.7 Å². The van der Waals surface area contributed by atoms with E-state index in [4.69, 9.17) is 4.74 Å². The average Bonchev–Trinajstić information content (AvgIpc) is 2.68. The van der Waals surface area contributed by atoms with E-state index in [0.29, 0.717) is 6.10 Å². The van der Waals surface area contributed by atoms with E-state index in [0.717, 1.165) is 24.4 Å². The van der Waals surface area contributed by atoms with Crippen molar-refractivity contribution in [3.05, 3.63) is 12.2 Å². The van der Waals surface area contributed by atoms with E-state index in [9.17, 15) is 0 Å². The second-order valence-corrected chi connectivity index (χ2v) is 9.18. The lowest BCUT2D eigenvalue weighted by Gasteiger charge is -2.28. The van der Waals surface area contributed by atoms with E-state index in [1.807, 2.05) is 0 Å². The maximum atomic E-state index is 6.12. The molecule has 0 N–H and O–H groups in total. The third kappa shape index (κ3) is 9.07. The number of allylic oxidation sites excluding steroid dienone is 1. The maximum Gasteiger partial charge on any atom is 0.0651 e. The molecule has 26 heavy (non-hydrogen) atoms. The van der Waals surface area contributed by atoms with Crippen molar-refractivity contribution in [2.24, 2.45) is 17.8 Å². The van der Waals surface area contributed by atoms with Crippen LogP contribution in [-0.2, 0) is 4.74 Å². The summed E-state index contributed by atoms with van der Waals surface area (Å²) in [5, 5.41) is 0. The Morgan fingerprint density at radius 3 is 2.04 bits per heavy atom. The van der Waals surface area contributed by atoms with Gasteiger partial charge in [-0.25, -0.2) is 0 Å². The lowest BCUT2D eigenvalue weighted by molar-refractivity contribution is 0.0333. The summed E-state index contributed by atoms with van der Waals surface area (Å²) in [6.07, 6.45) is 27.9. The van der Waals surface area contributed by atoms with Crippen molar-refractivity contribution in [1.29, 1.82) is 0 Å². The highest BCUT2D eigenvalue weighted by molar-refractivity contribution is 4.91. The molecule has 0 unspecified atom stereocenters. The molecule has 0 aromatic heterocycles. The van der Waals surface area contributed by atoms with Crippen LogP contribution < -0.4 is 0 Å². The van der Waals surface area contributed by atoms with Gasteiger partial charge in [0.15, 0.2) is 0 Å². The molecule has 0 aliphatic heterocycles. The molecule has 2 aliphatic carbocycles. The van der Waals surface area contributed by atoms with Crippen molar-refractivity contribution in [1.82, 2.24) is 0 Å². The Kier molecular flexibility index (Phi) is 11.7. The number of rotatable bonds is 12. The largest absolute Gasteiger partial charge is 0.374 e. The fourth-order valence-corrected chi connectivity index (χ4v) is 5.14. The molecule has 0 saturated heterocycles. The van der Waals surface area contributed by atoms with Crippen LogP contribution >= 0.6 is 0 Å². The highest BCUT2D eigenvalue weighted by Crippen LogP contribution is 2.33. The number of ether oxygens (including phenoxy) is 1. The van der Waals surface area contributed by atoms with Crippen LogP contribution in [0.25, 0.3) is 0 Å². The molecule has 1 heteroatoms. The van der Waals surface area contributed by atoms with E-state index >= 15 is 0 Å². The van der Waals surface area contributed by atoms with Crippen molar-refractivity contribution in [3.63, 3.8) is 0 Å². The van der Waals surface area contributed by atoms with Gasteiger partial charge in [-0.1, -0.05) is 77.4 Å². The van der Waals surface area contributed by atoms with Crippen LogP contribution in [0.5, 0.6) is 0 Å². The minimum absolute atomic E-state index is 0.538. The molecule has 0 atom stereocenters. The van der Waals surface area contributed by atoms with Gasteiger partial charge in [-0.3, -0.25) is 0 Å². The molecule has 0 aromatic rings. The number of hydrogen-bond donors (Lipinski definition) is 0. The Morgan fingerprint density at radius 2 is 1.35 bits per heavy atom. The van der Waals surface area contributed by atoms with Gasteiger partial charge >= 0.3 is 0 Å². The molecule has 2 fully saturated rings. The van der Waals surface area contributed by atoms with Gasteiger partial charge in [0.05, 0.1) is 12.7 Å². The first-order valence-electron chi connectivity index (χ1n) is 12.1. The van der Waals surface area contributed by atoms with Crippen molar-refractivity contribution < 1.29 is 4.74 Å². The van der Waals surface area contributed by atoms with E-state index in [1.54, 1.807) is 0 Å². The fourth-order valence-electron chi connectivity index (χ4n) is 5.14. The monoisotopic (exact) mass is 362 g/mol. The summed E-state index contributed by atoms with van der Waals surface area (Å²) in [6.45, 7) is 5.47. The minimum atomic E-state index is 0.538. The van der Waals surface area contributed by atoms with E-state index in [-0.39, 0.29) is 0 Å². The zero-order valence-corrected chi connectivity index (χ0v) is 17.9. The van der Waals surface area contributed by atoms with Crippen LogP contribution in [0.2, 0.25) is 0 Å². The van der Waals surface area contributed by atoms with Gasteiger partial charge in [0.1, 0.15) is 0 Å². The summed E-state index contributed by atoms with van der Waals surface area (Å²) in [5.74, 6) is 2.84. The molecular weight excluding hydrogens is 316 g/mol. The Balaban J connectivity index is 1.48. The molecule has 2 rings (SSSR count). The van der Waals surface area contributed by atoms with Gasteiger partial charge in [0.25, 0.3) is 0 Å². The van der Waals surface area contributed by atoms with Gasteiger partial charge in [-0.05, 0) is 69.1 Å². The quantitative estimate of drug-likeness (QED) is 0.252. The number of unbranched alkanes of at least 4 members (excludes halogenated alkanes) is 4. The van der Waals surface area contributed by atoms with Gasteiger partial charge in [0.2, 0.25) is 0 Å². The summed E-state index contributed by atoms with van der Waals surface area (Å²) >= 11 is 0. The molecule has 2 saturated carbocycles. The maximum absolute atomic E-state index is 6.12. The first kappa shape index (κ1) is 22.0. The number of hydrogen-bond acceptors (Lipinski definition) is 1. The fraction of sp³-hybridized carbons (Fsp3) is 0.920. The molecule has 0 aromatic carbocycles. The molecule has 152 valence electrons. The summed E-state index contributed by atoms with van der Waals surface area (Å²) < 4.78 is 6.12. The SMILES string of the molecule is CCCCCCC[C@H]1CC[C@H](/C=C/CO[C@H]2CC[C@H](CCC)CC2)CC1. The lowest BCUT2D eigenvalue weighted by Crippen LogP contribution is -2.21. The summed E-state index contributed by atoms with van der Waals surface area (Å²) in [4.78, 5) is 0. The van der Waals surface area contributed by atoms with Crippen molar-refractivity contribution >= 4 is 0 Å². The Labute approximate surface area is 164 Å². The van der Waals surface area contributed by atoms with E-state index in [1.165, 1.54) is 103 Å². The Morgan fingerprint density at radius 1 is 0.692 bits per heavy atom. The minimum Gasteiger partial charge on any atom is -0.374 e. The van der Waals surface area contributed by atoms with Crippen molar-refractivity contribution in [2.45, 2.75) is 123 Å². The molecule has 0 amide bonds. The lowest BCUT2D eigenvalue weighted by atomic mass is 9.79. The van der Waals surface area contributed by atoms with Crippen LogP contribution in [0.15, 0.2) is 12.2 Å². The third-order valence-electron chi connectivity index (χ3n) is 6.93. The van der Waals surface area contributed by atoms with Crippen molar-refractivity contribution in [2.75, 3.05) is 6.61 Å². The summed E-state index contributed by atoms with van der Waals surface area (Å²) in [6, 6.07) is 0. The zero-order valence-electron chi connectivity index (χ0n) is 17.9. The normalized spacial score (nSPS) is 30.1. The van der Waals surface area contributed by atoms with E-state index in [2.05, 4.69) is 26.0 Å². The van der Waals surface area contributed by atoms with Crippen LogP contribution in [0.3, 0.4) is 0 Å². The molecular formula is C25H46O. The second kappa shape index (κ2) is 13.8.